The SMILES string of the molecule is C[C@@H](Nc1ccn2ncc(C(=O)O)c2n1)c1cc(F)cnc1OC1CC(N)C1.Cl. The summed E-state index contributed by atoms with van der Waals surface area (Å²) in [6.07, 6.45) is 5.39. The fraction of sp³-hybridized carbons (Fsp3) is 0.333. The number of nitrogens with one attached hydrogen (secondary N) is 1. The molecule has 9 nitrogen and oxygen atoms in total. The van der Waals surface area contributed by atoms with Crippen LogP contribution in [0.3, 0.4) is 0 Å². The van der Waals surface area contributed by atoms with Gasteiger partial charge in [0.2, 0.25) is 5.88 Å². The number of ether oxygens (including phenoxy) is 1. The second kappa shape index (κ2) is 8.18. The first-order chi connectivity index (χ1) is 13.4. The average molecular weight is 423 g/mol. The number of nitrogens with zero attached hydrogens (tertiary/aromatic N) is 4. The Labute approximate surface area is 171 Å². The van der Waals surface area contributed by atoms with Crippen LogP contribution in [0.1, 0.15) is 41.7 Å². The Hall–Kier alpha value is -2.98. The van der Waals surface area contributed by atoms with E-state index in [1.54, 1.807) is 12.3 Å². The van der Waals surface area contributed by atoms with Gasteiger partial charge in [0.25, 0.3) is 0 Å². The summed E-state index contributed by atoms with van der Waals surface area (Å²) in [5.41, 5.74) is 6.53. The predicted molar refractivity (Wildman–Crippen MR) is 105 cm³/mol. The Morgan fingerprint density at radius 2 is 2.21 bits per heavy atom. The number of aromatic nitrogens is 4. The van der Waals surface area contributed by atoms with E-state index < -0.39 is 17.8 Å². The Morgan fingerprint density at radius 1 is 1.45 bits per heavy atom. The van der Waals surface area contributed by atoms with Crippen molar-refractivity contribution >= 4 is 29.8 Å². The molecule has 1 saturated carbocycles. The topological polar surface area (TPSA) is 128 Å². The minimum absolute atomic E-state index is 0. The van der Waals surface area contributed by atoms with Crippen LogP contribution in [-0.2, 0) is 0 Å². The molecule has 3 aromatic rings. The van der Waals surface area contributed by atoms with Gasteiger partial charge in [-0.25, -0.2) is 23.7 Å². The van der Waals surface area contributed by atoms with E-state index in [-0.39, 0.29) is 35.8 Å². The number of anilines is 1. The molecular weight excluding hydrogens is 403 g/mol. The Balaban J connectivity index is 0.00000240. The second-order valence-electron chi connectivity index (χ2n) is 6.83. The van der Waals surface area contributed by atoms with E-state index in [1.165, 1.54) is 16.8 Å². The molecule has 11 heteroatoms. The minimum atomic E-state index is -1.11. The number of nitrogens with two attached hydrogens (primary N) is 1. The third-order valence-electron chi connectivity index (χ3n) is 4.69. The highest BCUT2D eigenvalue weighted by atomic mass is 35.5. The molecule has 29 heavy (non-hydrogen) atoms. The molecule has 3 heterocycles. The van der Waals surface area contributed by atoms with Crippen molar-refractivity contribution in [2.24, 2.45) is 5.73 Å². The maximum atomic E-state index is 13.8. The van der Waals surface area contributed by atoms with Gasteiger partial charge in [-0.3, -0.25) is 0 Å². The van der Waals surface area contributed by atoms with Crippen molar-refractivity contribution in [1.82, 2.24) is 19.6 Å². The first kappa shape index (κ1) is 20.7. The number of fused-ring (bicyclic) bond motifs is 1. The highest BCUT2D eigenvalue weighted by Crippen LogP contribution is 2.30. The lowest BCUT2D eigenvalue weighted by atomic mass is 9.90. The molecule has 0 aromatic carbocycles. The zero-order valence-corrected chi connectivity index (χ0v) is 16.3. The van der Waals surface area contributed by atoms with Gasteiger partial charge < -0.3 is 20.9 Å². The summed E-state index contributed by atoms with van der Waals surface area (Å²) in [5, 5.41) is 16.3. The minimum Gasteiger partial charge on any atom is -0.477 e. The fourth-order valence-corrected chi connectivity index (χ4v) is 3.11. The van der Waals surface area contributed by atoms with Crippen molar-refractivity contribution in [3.8, 4) is 5.88 Å². The van der Waals surface area contributed by atoms with Crippen LogP contribution < -0.4 is 15.8 Å². The summed E-state index contributed by atoms with van der Waals surface area (Å²) >= 11 is 0. The molecule has 4 N–H and O–H groups in total. The Morgan fingerprint density at radius 3 is 2.90 bits per heavy atom. The van der Waals surface area contributed by atoms with Gasteiger partial charge in [0, 0.05) is 17.8 Å². The standard InChI is InChI=1S/C18H19FN6O3.ClH/c1-9(13-4-10(19)7-21-17(13)28-12-5-11(20)6-12)23-15-2-3-25-16(24-15)14(8-22-25)18(26)27;/h2-4,7-9,11-12H,5-6,20H2,1H3,(H,23,24)(H,26,27);1H/t9-,11?,12?;/m1./s1. The van der Waals surface area contributed by atoms with Crippen molar-refractivity contribution < 1.29 is 19.0 Å². The van der Waals surface area contributed by atoms with E-state index in [4.69, 9.17) is 10.5 Å². The van der Waals surface area contributed by atoms with E-state index >= 15 is 0 Å². The van der Waals surface area contributed by atoms with E-state index in [1.807, 2.05) is 6.92 Å². The Bertz CT molecular complexity index is 1040. The highest BCUT2D eigenvalue weighted by molar-refractivity contribution is 5.94. The molecule has 0 unspecified atom stereocenters. The third kappa shape index (κ3) is 4.22. The molecule has 0 radical (unpaired) electrons. The lowest BCUT2D eigenvalue weighted by molar-refractivity contribution is 0.0698. The monoisotopic (exact) mass is 422 g/mol. The van der Waals surface area contributed by atoms with Crippen LogP contribution in [-0.4, -0.2) is 42.8 Å². The molecule has 4 rings (SSSR count). The molecule has 0 aliphatic heterocycles. The average Bonchev–Trinajstić information content (AvgIpc) is 3.05. The van der Waals surface area contributed by atoms with Crippen LogP contribution in [0.5, 0.6) is 5.88 Å². The molecule has 154 valence electrons. The quantitative estimate of drug-likeness (QED) is 0.552. The summed E-state index contributed by atoms with van der Waals surface area (Å²) in [7, 11) is 0. The van der Waals surface area contributed by atoms with Gasteiger partial charge in [-0.1, -0.05) is 0 Å². The first-order valence-electron chi connectivity index (χ1n) is 8.82. The van der Waals surface area contributed by atoms with Crippen LogP contribution in [0.4, 0.5) is 10.2 Å². The summed E-state index contributed by atoms with van der Waals surface area (Å²) < 4.78 is 21.0. The normalized spacial score (nSPS) is 19.1. The van der Waals surface area contributed by atoms with Gasteiger partial charge >= 0.3 is 5.97 Å². The van der Waals surface area contributed by atoms with E-state index in [0.29, 0.717) is 17.3 Å². The van der Waals surface area contributed by atoms with Gasteiger partial charge in [-0.2, -0.15) is 5.10 Å². The number of carbonyl (C=O) groups is 1. The van der Waals surface area contributed by atoms with Crippen LogP contribution in [0.25, 0.3) is 5.65 Å². The largest absolute Gasteiger partial charge is 0.477 e. The number of pyridine rings is 1. The lowest BCUT2D eigenvalue weighted by Crippen LogP contribution is -2.43. The molecule has 0 spiro atoms. The number of carboxylic acids is 1. The van der Waals surface area contributed by atoms with Crippen molar-refractivity contribution in [3.05, 3.63) is 47.7 Å². The number of hydrogen-bond donors (Lipinski definition) is 3. The smallest absolute Gasteiger partial charge is 0.341 e. The molecule has 3 aromatic heterocycles. The first-order valence-corrected chi connectivity index (χ1v) is 8.82. The zero-order valence-electron chi connectivity index (χ0n) is 15.4. The third-order valence-corrected chi connectivity index (χ3v) is 4.69. The van der Waals surface area contributed by atoms with Crippen LogP contribution >= 0.6 is 12.4 Å². The molecular formula is C18H20ClFN6O3. The molecule has 1 fully saturated rings. The van der Waals surface area contributed by atoms with Crippen molar-refractivity contribution in [3.63, 3.8) is 0 Å². The summed E-state index contributed by atoms with van der Waals surface area (Å²) in [5.74, 6) is -0.830. The maximum Gasteiger partial charge on any atom is 0.341 e. The highest BCUT2D eigenvalue weighted by Gasteiger charge is 2.29. The number of hydrogen-bond acceptors (Lipinski definition) is 7. The summed E-state index contributed by atoms with van der Waals surface area (Å²) in [6, 6.07) is 2.75. The van der Waals surface area contributed by atoms with Crippen LogP contribution in [0, 0.1) is 5.82 Å². The van der Waals surface area contributed by atoms with Gasteiger partial charge in [-0.05, 0) is 31.9 Å². The van der Waals surface area contributed by atoms with Gasteiger partial charge in [0.05, 0.1) is 18.4 Å². The molecule has 1 atom stereocenters. The number of carboxylic acid groups (broad SMARTS) is 1. The van der Waals surface area contributed by atoms with Crippen molar-refractivity contribution in [2.75, 3.05) is 5.32 Å². The number of rotatable bonds is 6. The van der Waals surface area contributed by atoms with Crippen LogP contribution in [0.15, 0.2) is 30.7 Å². The van der Waals surface area contributed by atoms with E-state index in [2.05, 4.69) is 20.4 Å². The predicted octanol–water partition coefficient (Wildman–Crippen LogP) is 2.43. The lowest BCUT2D eigenvalue weighted by Gasteiger charge is -2.33. The van der Waals surface area contributed by atoms with E-state index in [0.717, 1.165) is 19.0 Å². The summed E-state index contributed by atoms with van der Waals surface area (Å²) in [6.45, 7) is 1.82. The summed E-state index contributed by atoms with van der Waals surface area (Å²) in [4.78, 5) is 19.7. The van der Waals surface area contributed by atoms with Crippen LogP contribution in [0.2, 0.25) is 0 Å². The maximum absolute atomic E-state index is 13.8. The Kier molecular flexibility index (Phi) is 5.85. The van der Waals surface area contributed by atoms with Gasteiger partial charge in [-0.15, -0.1) is 12.4 Å². The van der Waals surface area contributed by atoms with Crippen molar-refractivity contribution in [2.45, 2.75) is 38.0 Å². The second-order valence-corrected chi connectivity index (χ2v) is 6.83. The molecule has 0 amide bonds. The number of halogens is 2. The zero-order chi connectivity index (χ0) is 19.8. The van der Waals surface area contributed by atoms with Gasteiger partial charge in [0.15, 0.2) is 5.65 Å². The van der Waals surface area contributed by atoms with Gasteiger partial charge in [0.1, 0.15) is 23.3 Å². The fourth-order valence-electron chi connectivity index (χ4n) is 3.11. The molecule has 0 saturated heterocycles. The number of aromatic carboxylic acids is 1. The van der Waals surface area contributed by atoms with Crippen molar-refractivity contribution in [1.29, 1.82) is 0 Å². The van der Waals surface area contributed by atoms with E-state index in [9.17, 15) is 14.3 Å². The molecule has 1 aliphatic carbocycles. The molecule has 1 aliphatic rings. The molecule has 0 bridgehead atoms.